The number of carbonyl (C=O) groups is 1. The molecule has 0 amide bonds. The molecule has 1 heterocycles. The van der Waals surface area contributed by atoms with Gasteiger partial charge < -0.3 is 4.57 Å². The molecule has 1 aromatic carbocycles. The highest BCUT2D eigenvalue weighted by molar-refractivity contribution is 5.94. The maximum atomic E-state index is 11.6. The lowest BCUT2D eigenvalue weighted by Gasteiger charge is -2.12. The van der Waals surface area contributed by atoms with Crippen LogP contribution in [0.4, 0.5) is 0 Å². The third kappa shape index (κ3) is 2.23. The molecular formula is C14H18N2O. The molecule has 1 aromatic heterocycles. The van der Waals surface area contributed by atoms with Crippen molar-refractivity contribution in [1.29, 1.82) is 0 Å². The lowest BCUT2D eigenvalue weighted by Crippen LogP contribution is -2.12. The first-order chi connectivity index (χ1) is 8.13. The normalized spacial score (nSPS) is 12.9. The second kappa shape index (κ2) is 4.70. The van der Waals surface area contributed by atoms with E-state index in [-0.39, 0.29) is 5.78 Å². The standard InChI is InChI=1S/C14H18N2O/c1-4-10(2)9-16-13-8-6-5-7-12(13)15-14(16)11(3)17/h5-8,10H,4,9H2,1-3H3/t10-/m1/s1. The van der Waals surface area contributed by atoms with Crippen molar-refractivity contribution >= 4 is 16.8 Å². The van der Waals surface area contributed by atoms with Crippen molar-refractivity contribution in [1.82, 2.24) is 9.55 Å². The third-order valence-corrected chi connectivity index (χ3v) is 3.16. The van der Waals surface area contributed by atoms with Crippen molar-refractivity contribution in [2.24, 2.45) is 5.92 Å². The zero-order valence-corrected chi connectivity index (χ0v) is 10.6. The van der Waals surface area contributed by atoms with E-state index in [9.17, 15) is 4.79 Å². The molecule has 0 aliphatic rings. The Labute approximate surface area is 101 Å². The van der Waals surface area contributed by atoms with Crippen LogP contribution < -0.4 is 0 Å². The summed E-state index contributed by atoms with van der Waals surface area (Å²) in [6.07, 6.45) is 1.10. The first-order valence-corrected chi connectivity index (χ1v) is 6.09. The van der Waals surface area contributed by atoms with Crippen LogP contribution in [0.25, 0.3) is 11.0 Å². The Bertz CT molecular complexity index is 542. The zero-order chi connectivity index (χ0) is 12.4. The van der Waals surface area contributed by atoms with Crippen LogP contribution in [0.5, 0.6) is 0 Å². The molecular weight excluding hydrogens is 212 g/mol. The average molecular weight is 230 g/mol. The van der Waals surface area contributed by atoms with E-state index in [0.29, 0.717) is 11.7 Å². The van der Waals surface area contributed by atoms with Crippen LogP contribution in [0, 0.1) is 5.92 Å². The first-order valence-electron chi connectivity index (χ1n) is 6.09. The fourth-order valence-electron chi connectivity index (χ4n) is 1.97. The summed E-state index contributed by atoms with van der Waals surface area (Å²) < 4.78 is 2.05. The fourth-order valence-corrected chi connectivity index (χ4v) is 1.97. The summed E-state index contributed by atoms with van der Waals surface area (Å²) in [6, 6.07) is 7.92. The van der Waals surface area contributed by atoms with Crippen molar-refractivity contribution < 1.29 is 4.79 Å². The van der Waals surface area contributed by atoms with Gasteiger partial charge in [-0.25, -0.2) is 4.98 Å². The lowest BCUT2D eigenvalue weighted by atomic mass is 10.1. The van der Waals surface area contributed by atoms with E-state index in [2.05, 4.69) is 18.8 Å². The van der Waals surface area contributed by atoms with Gasteiger partial charge in [0.1, 0.15) is 0 Å². The molecule has 3 heteroatoms. The third-order valence-electron chi connectivity index (χ3n) is 3.16. The zero-order valence-electron chi connectivity index (χ0n) is 10.6. The number of hydrogen-bond donors (Lipinski definition) is 0. The highest BCUT2D eigenvalue weighted by Crippen LogP contribution is 2.19. The van der Waals surface area contributed by atoms with Crippen molar-refractivity contribution in [3.8, 4) is 0 Å². The number of Topliss-reactive ketones (excluding diaryl/α,β-unsaturated/α-hetero) is 1. The molecule has 2 aromatic rings. The minimum Gasteiger partial charge on any atom is -0.321 e. The van der Waals surface area contributed by atoms with E-state index in [1.165, 1.54) is 0 Å². The Morgan fingerprint density at radius 1 is 1.41 bits per heavy atom. The number of carbonyl (C=O) groups excluding carboxylic acids is 1. The number of imidazole rings is 1. The van der Waals surface area contributed by atoms with Crippen LogP contribution in [0.3, 0.4) is 0 Å². The monoisotopic (exact) mass is 230 g/mol. The van der Waals surface area contributed by atoms with Gasteiger partial charge in [0.2, 0.25) is 0 Å². The molecule has 0 aliphatic carbocycles. The topological polar surface area (TPSA) is 34.9 Å². The van der Waals surface area contributed by atoms with E-state index in [0.717, 1.165) is 24.0 Å². The smallest absolute Gasteiger partial charge is 0.195 e. The Balaban J connectivity index is 2.55. The summed E-state index contributed by atoms with van der Waals surface area (Å²) in [5.74, 6) is 1.15. The molecule has 3 nitrogen and oxygen atoms in total. The Hall–Kier alpha value is -1.64. The predicted molar refractivity (Wildman–Crippen MR) is 69.2 cm³/mol. The van der Waals surface area contributed by atoms with Crippen molar-refractivity contribution in [2.45, 2.75) is 33.7 Å². The van der Waals surface area contributed by atoms with Gasteiger partial charge in [-0.2, -0.15) is 0 Å². The summed E-state index contributed by atoms with van der Waals surface area (Å²) in [6.45, 7) is 6.79. The maximum Gasteiger partial charge on any atom is 0.195 e. The van der Waals surface area contributed by atoms with Gasteiger partial charge in [-0.05, 0) is 18.1 Å². The van der Waals surface area contributed by atoms with Gasteiger partial charge in [0.25, 0.3) is 0 Å². The van der Waals surface area contributed by atoms with E-state index in [1.807, 2.05) is 28.8 Å². The number of hydrogen-bond acceptors (Lipinski definition) is 2. The maximum absolute atomic E-state index is 11.6. The summed E-state index contributed by atoms with van der Waals surface area (Å²) in [5, 5.41) is 0. The first kappa shape index (κ1) is 11.8. The molecule has 17 heavy (non-hydrogen) atoms. The fraction of sp³-hybridized carbons (Fsp3) is 0.429. The largest absolute Gasteiger partial charge is 0.321 e. The van der Waals surface area contributed by atoms with Crippen LogP contribution in [-0.4, -0.2) is 15.3 Å². The summed E-state index contributed by atoms with van der Waals surface area (Å²) in [4.78, 5) is 16.0. The number of para-hydroxylation sites is 2. The van der Waals surface area contributed by atoms with E-state index < -0.39 is 0 Å². The molecule has 0 fully saturated rings. The molecule has 0 saturated carbocycles. The molecule has 90 valence electrons. The summed E-state index contributed by atoms with van der Waals surface area (Å²) >= 11 is 0. The van der Waals surface area contributed by atoms with Gasteiger partial charge >= 0.3 is 0 Å². The molecule has 2 rings (SSSR count). The molecule has 0 saturated heterocycles. The van der Waals surface area contributed by atoms with E-state index in [4.69, 9.17) is 0 Å². The van der Waals surface area contributed by atoms with Crippen LogP contribution in [0.1, 0.15) is 37.8 Å². The molecule has 1 atom stereocenters. The van der Waals surface area contributed by atoms with Crippen LogP contribution in [0.2, 0.25) is 0 Å². The quantitative estimate of drug-likeness (QED) is 0.755. The van der Waals surface area contributed by atoms with E-state index >= 15 is 0 Å². The van der Waals surface area contributed by atoms with Crippen molar-refractivity contribution in [3.05, 3.63) is 30.1 Å². The molecule has 0 bridgehead atoms. The number of benzene rings is 1. The Morgan fingerprint density at radius 2 is 2.12 bits per heavy atom. The average Bonchev–Trinajstić information content (AvgIpc) is 2.68. The number of rotatable bonds is 4. The Kier molecular flexibility index (Phi) is 3.27. The molecule has 0 N–H and O–H groups in total. The van der Waals surface area contributed by atoms with Gasteiger partial charge in [-0.1, -0.05) is 32.4 Å². The minimum absolute atomic E-state index is 0.0319. The summed E-state index contributed by atoms with van der Waals surface area (Å²) in [7, 11) is 0. The van der Waals surface area contributed by atoms with Crippen LogP contribution >= 0.6 is 0 Å². The van der Waals surface area contributed by atoms with Crippen molar-refractivity contribution in [3.63, 3.8) is 0 Å². The molecule has 0 unspecified atom stereocenters. The van der Waals surface area contributed by atoms with Gasteiger partial charge in [-0.3, -0.25) is 4.79 Å². The Morgan fingerprint density at radius 3 is 2.76 bits per heavy atom. The molecule has 0 radical (unpaired) electrons. The molecule has 0 aliphatic heterocycles. The van der Waals surface area contributed by atoms with Gasteiger partial charge in [0, 0.05) is 13.5 Å². The van der Waals surface area contributed by atoms with Gasteiger partial charge in [0.15, 0.2) is 11.6 Å². The number of ketones is 1. The van der Waals surface area contributed by atoms with Gasteiger partial charge in [0.05, 0.1) is 11.0 Å². The van der Waals surface area contributed by atoms with Gasteiger partial charge in [-0.15, -0.1) is 0 Å². The second-order valence-electron chi connectivity index (χ2n) is 4.60. The highest BCUT2D eigenvalue weighted by Gasteiger charge is 2.15. The van der Waals surface area contributed by atoms with Crippen molar-refractivity contribution in [2.75, 3.05) is 0 Å². The van der Waals surface area contributed by atoms with Crippen LogP contribution in [0.15, 0.2) is 24.3 Å². The lowest BCUT2D eigenvalue weighted by molar-refractivity contribution is 0.0999. The summed E-state index contributed by atoms with van der Waals surface area (Å²) in [5.41, 5.74) is 1.96. The SMILES string of the molecule is CC[C@@H](C)Cn1c(C(C)=O)nc2ccccc21. The number of aromatic nitrogens is 2. The second-order valence-corrected chi connectivity index (χ2v) is 4.60. The predicted octanol–water partition coefficient (Wildman–Crippen LogP) is 3.29. The number of fused-ring (bicyclic) bond motifs is 1. The molecule has 0 spiro atoms. The number of nitrogens with zero attached hydrogens (tertiary/aromatic N) is 2. The van der Waals surface area contributed by atoms with E-state index in [1.54, 1.807) is 6.92 Å². The van der Waals surface area contributed by atoms with Crippen LogP contribution in [-0.2, 0) is 6.54 Å². The highest BCUT2D eigenvalue weighted by atomic mass is 16.1. The minimum atomic E-state index is 0.0319.